The molecule has 2 heterocycles. The van der Waals surface area contributed by atoms with Crippen LogP contribution in [0.4, 0.5) is 0 Å². The molecule has 3 aliphatic rings. The van der Waals surface area contributed by atoms with E-state index in [4.69, 9.17) is 41.9 Å². The highest BCUT2D eigenvalue weighted by atomic mass is 16.7. The topological polar surface area (TPSA) is 283 Å². The summed E-state index contributed by atoms with van der Waals surface area (Å²) in [5.41, 5.74) is 23.6. The lowest BCUT2D eigenvalue weighted by atomic mass is 9.84. The van der Waals surface area contributed by atoms with Crippen LogP contribution >= 0.6 is 0 Å². The molecule has 3 fully saturated rings. The summed E-state index contributed by atoms with van der Waals surface area (Å²) in [6.07, 6.45) is -15.2. The third kappa shape index (κ3) is 5.54. The first-order valence-corrected chi connectivity index (χ1v) is 11.3. The van der Waals surface area contributed by atoms with Crippen LogP contribution in [0.3, 0.4) is 0 Å². The number of rotatable bonds is 7. The summed E-state index contributed by atoms with van der Waals surface area (Å²) in [5, 5.41) is 70.8. The summed E-state index contributed by atoms with van der Waals surface area (Å²) in [5.74, 6) is 0. The van der Waals surface area contributed by atoms with Crippen molar-refractivity contribution < 1.29 is 54.7 Å². The first-order chi connectivity index (χ1) is 16.0. The van der Waals surface area contributed by atoms with E-state index < -0.39 is 98.2 Å². The molecule has 1 saturated carbocycles. The maximum Gasteiger partial charge on any atom is 0.187 e. The smallest absolute Gasteiger partial charge is 0.187 e. The van der Waals surface area contributed by atoms with E-state index in [0.29, 0.717) is 0 Å². The van der Waals surface area contributed by atoms with Gasteiger partial charge in [0.1, 0.15) is 67.1 Å². The molecule has 0 radical (unpaired) electrons. The van der Waals surface area contributed by atoms with Crippen molar-refractivity contribution >= 4 is 0 Å². The number of hydrogen-bond donors (Lipinski definition) is 11. The molecular weight excluding hydrogens is 460 g/mol. The minimum atomic E-state index is -1.64. The van der Waals surface area contributed by atoms with Gasteiger partial charge in [0.25, 0.3) is 0 Å². The molecule has 1 aliphatic carbocycles. The van der Waals surface area contributed by atoms with Crippen LogP contribution in [0.15, 0.2) is 0 Å². The Balaban J connectivity index is 1.66. The standard InChI is InChI=1S/C19H38N4O11/c20-2-7-13(27)14(28)15(29)19(33-7)34-18-6(22)1-5(21)17(16(18)30)31-4-9-12(26)10(23)11(25)8(3-24)32-9/h5-19,24-30H,1-4,20-23H2. The van der Waals surface area contributed by atoms with Crippen molar-refractivity contribution in [3.05, 3.63) is 0 Å². The van der Waals surface area contributed by atoms with Gasteiger partial charge in [0.05, 0.1) is 19.3 Å². The zero-order chi connectivity index (χ0) is 25.3. The second kappa shape index (κ2) is 11.6. The molecule has 3 rings (SSSR count). The lowest BCUT2D eigenvalue weighted by molar-refractivity contribution is -0.319. The van der Waals surface area contributed by atoms with E-state index in [0.717, 1.165) is 0 Å². The highest BCUT2D eigenvalue weighted by Crippen LogP contribution is 2.29. The van der Waals surface area contributed by atoms with Crippen LogP contribution in [0.1, 0.15) is 6.42 Å². The third-order valence-corrected chi connectivity index (χ3v) is 6.79. The van der Waals surface area contributed by atoms with Gasteiger partial charge in [-0.1, -0.05) is 0 Å². The Bertz CT molecular complexity index is 649. The number of nitrogens with two attached hydrogens (primary N) is 4. The highest BCUT2D eigenvalue weighted by molar-refractivity contribution is 5.01. The number of aliphatic hydroxyl groups excluding tert-OH is 7. The van der Waals surface area contributed by atoms with Crippen molar-refractivity contribution in [1.82, 2.24) is 0 Å². The van der Waals surface area contributed by atoms with Gasteiger partial charge in [-0.05, 0) is 6.42 Å². The Hall–Kier alpha value is -0.600. The Labute approximate surface area is 196 Å². The van der Waals surface area contributed by atoms with Crippen molar-refractivity contribution in [2.45, 2.75) is 98.0 Å². The van der Waals surface area contributed by atoms with E-state index in [2.05, 4.69) is 0 Å². The van der Waals surface area contributed by atoms with Gasteiger partial charge >= 0.3 is 0 Å². The number of aliphatic hydroxyl groups is 7. The van der Waals surface area contributed by atoms with Gasteiger partial charge in [0.15, 0.2) is 6.29 Å². The van der Waals surface area contributed by atoms with Gasteiger partial charge in [-0.15, -0.1) is 0 Å². The quantitative estimate of drug-likeness (QED) is 0.155. The van der Waals surface area contributed by atoms with Gasteiger partial charge in [0, 0.05) is 18.6 Å². The third-order valence-electron chi connectivity index (χ3n) is 6.79. The molecule has 15 N–H and O–H groups in total. The fourth-order valence-electron chi connectivity index (χ4n) is 4.64. The largest absolute Gasteiger partial charge is 0.394 e. The van der Waals surface area contributed by atoms with Crippen LogP contribution in [0.5, 0.6) is 0 Å². The van der Waals surface area contributed by atoms with Gasteiger partial charge in [-0.25, -0.2) is 0 Å². The molecule has 2 saturated heterocycles. The average molecular weight is 499 g/mol. The van der Waals surface area contributed by atoms with E-state index in [1.165, 1.54) is 0 Å². The lowest BCUT2D eigenvalue weighted by Gasteiger charge is -2.46. The predicted molar refractivity (Wildman–Crippen MR) is 113 cm³/mol. The van der Waals surface area contributed by atoms with Crippen molar-refractivity contribution in [1.29, 1.82) is 0 Å². The first-order valence-electron chi connectivity index (χ1n) is 11.3. The van der Waals surface area contributed by atoms with Crippen molar-refractivity contribution in [3.8, 4) is 0 Å². The van der Waals surface area contributed by atoms with E-state index in [1.807, 2.05) is 0 Å². The number of ether oxygens (including phenoxy) is 4. The summed E-state index contributed by atoms with van der Waals surface area (Å²) in [4.78, 5) is 0. The van der Waals surface area contributed by atoms with E-state index in [1.54, 1.807) is 0 Å². The molecule has 0 aromatic rings. The van der Waals surface area contributed by atoms with Crippen LogP contribution in [0.25, 0.3) is 0 Å². The minimum absolute atomic E-state index is 0.145. The van der Waals surface area contributed by atoms with E-state index >= 15 is 0 Å². The van der Waals surface area contributed by atoms with Crippen molar-refractivity contribution in [3.63, 3.8) is 0 Å². The molecule has 15 nitrogen and oxygen atoms in total. The van der Waals surface area contributed by atoms with E-state index in [-0.39, 0.29) is 19.6 Å². The molecule has 2 aliphatic heterocycles. The van der Waals surface area contributed by atoms with Crippen LogP contribution in [-0.2, 0) is 18.9 Å². The van der Waals surface area contributed by atoms with Crippen LogP contribution in [0, 0.1) is 0 Å². The fourth-order valence-corrected chi connectivity index (χ4v) is 4.64. The first kappa shape index (κ1) is 28.0. The summed E-state index contributed by atoms with van der Waals surface area (Å²) in [6.45, 7) is -0.962. The Morgan fingerprint density at radius 1 is 0.706 bits per heavy atom. The van der Waals surface area contributed by atoms with Crippen LogP contribution < -0.4 is 22.9 Å². The molecular formula is C19H38N4O11. The molecule has 0 spiro atoms. The maximum absolute atomic E-state index is 10.9. The molecule has 0 amide bonds. The predicted octanol–water partition coefficient (Wildman–Crippen LogP) is -7.25. The molecule has 0 aromatic carbocycles. The average Bonchev–Trinajstić information content (AvgIpc) is 2.81. The SMILES string of the molecule is NCC1OC(OC2C(N)CC(N)C(OCC3OC(CO)C(O)C(N)C3O)C2O)C(O)C(O)C1O. The number of hydrogen-bond acceptors (Lipinski definition) is 15. The molecule has 0 aromatic heterocycles. The van der Waals surface area contributed by atoms with Crippen molar-refractivity contribution in [2.24, 2.45) is 22.9 Å². The van der Waals surface area contributed by atoms with Gasteiger partial charge in [0.2, 0.25) is 0 Å². The zero-order valence-corrected chi connectivity index (χ0v) is 18.6. The summed E-state index contributed by atoms with van der Waals surface area (Å²) >= 11 is 0. The second-order valence-corrected chi connectivity index (χ2v) is 9.16. The zero-order valence-electron chi connectivity index (χ0n) is 18.6. The Morgan fingerprint density at radius 2 is 1.32 bits per heavy atom. The summed E-state index contributed by atoms with van der Waals surface area (Å²) < 4.78 is 22.4. The molecule has 0 bridgehead atoms. The fraction of sp³-hybridized carbons (Fsp3) is 1.00. The second-order valence-electron chi connectivity index (χ2n) is 9.16. The highest BCUT2D eigenvalue weighted by Gasteiger charge is 2.50. The van der Waals surface area contributed by atoms with Crippen LogP contribution in [0.2, 0.25) is 0 Å². The summed E-state index contributed by atoms with van der Waals surface area (Å²) in [6, 6.07) is -2.61. The maximum atomic E-state index is 10.9. The van der Waals surface area contributed by atoms with Gasteiger partial charge in [-0.3, -0.25) is 0 Å². The lowest BCUT2D eigenvalue weighted by Crippen LogP contribution is -2.67. The van der Waals surface area contributed by atoms with E-state index in [9.17, 15) is 35.7 Å². The Morgan fingerprint density at radius 3 is 1.94 bits per heavy atom. The summed E-state index contributed by atoms with van der Waals surface area (Å²) in [7, 11) is 0. The van der Waals surface area contributed by atoms with Crippen molar-refractivity contribution in [2.75, 3.05) is 19.8 Å². The molecule has 15 heteroatoms. The molecule has 15 unspecified atom stereocenters. The van der Waals surface area contributed by atoms with Gasteiger partial charge < -0.3 is 77.6 Å². The molecule has 15 atom stereocenters. The van der Waals surface area contributed by atoms with Crippen LogP contribution in [-0.4, -0.2) is 147 Å². The van der Waals surface area contributed by atoms with Gasteiger partial charge in [-0.2, -0.15) is 0 Å². The minimum Gasteiger partial charge on any atom is -0.394 e. The molecule has 200 valence electrons. The normalized spacial score (nSPS) is 52.5. The monoisotopic (exact) mass is 498 g/mol. The molecule has 34 heavy (non-hydrogen) atoms. The Kier molecular flexibility index (Phi) is 9.57.